The first-order valence-electron chi connectivity index (χ1n) is 11.3. The van der Waals surface area contributed by atoms with Gasteiger partial charge in [0.2, 0.25) is 11.8 Å². The molecule has 2 atom stereocenters. The second-order valence-corrected chi connectivity index (χ2v) is 11.9. The Bertz CT molecular complexity index is 915. The number of primary amides is 1. The molecule has 5 fully saturated rings. The summed E-state index contributed by atoms with van der Waals surface area (Å²) in [5.41, 5.74) is 5.72. The van der Waals surface area contributed by atoms with Crippen LogP contribution in [0.3, 0.4) is 0 Å². The third-order valence-electron chi connectivity index (χ3n) is 7.95. The van der Waals surface area contributed by atoms with Crippen LogP contribution in [0.15, 0.2) is 24.3 Å². The van der Waals surface area contributed by atoms with E-state index in [0.717, 1.165) is 32.1 Å². The van der Waals surface area contributed by atoms with Gasteiger partial charge in [-0.3, -0.25) is 23.0 Å². The van der Waals surface area contributed by atoms with Gasteiger partial charge < -0.3 is 11.1 Å². The summed E-state index contributed by atoms with van der Waals surface area (Å²) >= 11 is 0. The van der Waals surface area contributed by atoms with Crippen LogP contribution in [0.5, 0.6) is 0 Å². The number of hydrogen-bond acceptors (Lipinski definition) is 6. The summed E-state index contributed by atoms with van der Waals surface area (Å²) in [5, 5.41) is 3.15. The number of benzene rings is 1. The molecule has 1 aliphatic heterocycles. The van der Waals surface area contributed by atoms with Crippen molar-refractivity contribution in [2.75, 3.05) is 23.9 Å². The van der Waals surface area contributed by atoms with Crippen molar-refractivity contribution in [3.05, 3.63) is 30.1 Å². The zero-order valence-electron chi connectivity index (χ0n) is 18.0. The molecule has 2 unspecified atom stereocenters. The third-order valence-corrected chi connectivity index (χ3v) is 9.94. The molecule has 6 rings (SSSR count). The summed E-state index contributed by atoms with van der Waals surface area (Å²) in [6.07, 6.45) is 4.96. The first-order chi connectivity index (χ1) is 15.2. The molecule has 1 heterocycles. The number of carbonyl (C=O) groups excluding carboxylic acids is 2. The van der Waals surface area contributed by atoms with Crippen molar-refractivity contribution >= 4 is 28.5 Å². The highest BCUT2D eigenvalue weighted by molar-refractivity contribution is 8.23. The predicted molar refractivity (Wildman–Crippen MR) is 120 cm³/mol. The van der Waals surface area contributed by atoms with E-state index in [4.69, 9.17) is 5.73 Å². The van der Waals surface area contributed by atoms with Crippen LogP contribution in [0.25, 0.3) is 0 Å². The van der Waals surface area contributed by atoms with E-state index in [9.17, 15) is 23.1 Å². The van der Waals surface area contributed by atoms with E-state index in [1.54, 1.807) is 6.07 Å². The average molecular weight is 467 g/mol. The predicted octanol–water partition coefficient (Wildman–Crippen LogP) is 2.71. The Morgan fingerprint density at radius 2 is 1.91 bits per heavy atom. The molecule has 32 heavy (non-hydrogen) atoms. The maximum atomic E-state index is 13.7. The van der Waals surface area contributed by atoms with Crippen LogP contribution < -0.4 is 15.4 Å². The van der Waals surface area contributed by atoms with E-state index in [1.165, 1.54) is 26.8 Å². The van der Waals surface area contributed by atoms with Gasteiger partial charge in [-0.2, -0.15) is 4.31 Å². The Labute approximate surface area is 188 Å². The fraction of sp³-hybridized carbons (Fsp3) is 0.636. The molecule has 1 aromatic rings. The van der Waals surface area contributed by atoms with Crippen molar-refractivity contribution < 1.29 is 23.1 Å². The van der Waals surface area contributed by atoms with Gasteiger partial charge in [-0.05, 0) is 74.5 Å². The molecular formula is C22H31FN4O4S. The van der Waals surface area contributed by atoms with E-state index >= 15 is 0 Å². The molecule has 0 spiro atoms. The lowest BCUT2D eigenvalue weighted by atomic mass is 9.47. The Balaban J connectivity index is 1.26. The van der Waals surface area contributed by atoms with E-state index in [0.29, 0.717) is 31.1 Å². The monoisotopic (exact) mass is 466 g/mol. The summed E-state index contributed by atoms with van der Waals surface area (Å²) in [5.74, 6) is 0.0645. The van der Waals surface area contributed by atoms with E-state index in [1.807, 2.05) is 0 Å². The number of amides is 2. The van der Waals surface area contributed by atoms with Crippen molar-refractivity contribution in [3.8, 4) is 0 Å². The fourth-order valence-corrected chi connectivity index (χ4v) is 8.51. The van der Waals surface area contributed by atoms with Gasteiger partial charge in [0.1, 0.15) is 5.82 Å². The second kappa shape index (κ2) is 7.86. The second-order valence-electron chi connectivity index (χ2n) is 10.00. The third kappa shape index (κ3) is 3.67. The Kier molecular flexibility index (Phi) is 5.39. The van der Waals surface area contributed by atoms with Crippen molar-refractivity contribution in [1.82, 2.24) is 9.62 Å². The standard InChI is InChI=1S/C22H31FN4O4S/c23-17-3-1-4-18(9-17)27-6-2-5-26(32(27,30)31)13-19(28)25-20-15-7-14-8-16(20)12-22(10-14,11-15)21(24)29/h1,3-4,9,14-16,20,30-31H,2,5-8,10-13H2,(H2,24,29)(H,25,28). The summed E-state index contributed by atoms with van der Waals surface area (Å²) < 4.78 is 38.3. The van der Waals surface area contributed by atoms with Crippen LogP contribution in [0.4, 0.5) is 10.1 Å². The van der Waals surface area contributed by atoms with Crippen molar-refractivity contribution in [1.29, 1.82) is 0 Å². The first-order valence-corrected chi connectivity index (χ1v) is 12.8. The topological polar surface area (TPSA) is 119 Å². The lowest BCUT2D eigenvalue weighted by Crippen LogP contribution is -2.62. The minimum atomic E-state index is -3.43. The average Bonchev–Trinajstić information content (AvgIpc) is 2.71. The van der Waals surface area contributed by atoms with Crippen LogP contribution in [0.2, 0.25) is 0 Å². The number of carbonyl (C=O) groups is 2. The Morgan fingerprint density at radius 1 is 1.19 bits per heavy atom. The number of anilines is 1. The fourth-order valence-electron chi connectivity index (χ4n) is 6.80. The van der Waals surface area contributed by atoms with Crippen LogP contribution in [-0.2, 0) is 9.59 Å². The van der Waals surface area contributed by atoms with Crippen molar-refractivity contribution in [2.24, 2.45) is 28.9 Å². The summed E-state index contributed by atoms with van der Waals surface area (Å²) in [6, 6.07) is 5.72. The molecule has 2 amide bonds. The van der Waals surface area contributed by atoms with Gasteiger partial charge in [-0.15, -0.1) is 0 Å². The zero-order valence-corrected chi connectivity index (χ0v) is 18.8. The largest absolute Gasteiger partial charge is 0.369 e. The Hall–Kier alpha value is -1.88. The van der Waals surface area contributed by atoms with E-state index in [2.05, 4.69) is 5.32 Å². The van der Waals surface area contributed by atoms with Gasteiger partial charge in [-0.1, -0.05) is 17.0 Å². The van der Waals surface area contributed by atoms with Crippen LogP contribution in [0.1, 0.15) is 38.5 Å². The van der Waals surface area contributed by atoms with Gasteiger partial charge in [0.25, 0.3) is 0 Å². The summed E-state index contributed by atoms with van der Waals surface area (Å²) in [4.78, 5) is 25.1. The molecule has 176 valence electrons. The molecule has 4 aliphatic carbocycles. The molecule has 8 nitrogen and oxygen atoms in total. The number of rotatable bonds is 5. The molecule has 1 aromatic carbocycles. The van der Waals surface area contributed by atoms with Crippen molar-refractivity contribution in [2.45, 2.75) is 44.6 Å². The number of nitrogens with one attached hydrogen (secondary N) is 1. The SMILES string of the molecule is NC(=O)C12CC3CC(C1)C(NC(=O)CN1CCCN(c4cccc(F)c4)S1(O)O)C(C3)C2. The summed E-state index contributed by atoms with van der Waals surface area (Å²) in [6.45, 7) is 0.591. The van der Waals surface area contributed by atoms with Gasteiger partial charge in [0.15, 0.2) is 0 Å². The minimum absolute atomic E-state index is 0.00239. The van der Waals surface area contributed by atoms with Crippen LogP contribution >= 0.6 is 11.0 Å². The van der Waals surface area contributed by atoms with Crippen LogP contribution in [-0.4, -0.2) is 50.9 Å². The highest BCUT2D eigenvalue weighted by atomic mass is 32.3. The highest BCUT2D eigenvalue weighted by Gasteiger charge is 2.58. The molecule has 5 aliphatic rings. The minimum Gasteiger partial charge on any atom is -0.369 e. The Morgan fingerprint density at radius 3 is 2.56 bits per heavy atom. The molecule has 0 aromatic heterocycles. The number of nitrogens with two attached hydrogens (primary N) is 1. The molecule has 4 saturated carbocycles. The first kappa shape index (κ1) is 21.9. The van der Waals surface area contributed by atoms with Crippen LogP contribution in [0, 0.1) is 29.0 Å². The highest BCUT2D eigenvalue weighted by Crippen LogP contribution is 2.60. The zero-order chi connectivity index (χ0) is 22.7. The van der Waals surface area contributed by atoms with Gasteiger partial charge in [0.05, 0.1) is 12.2 Å². The lowest BCUT2D eigenvalue weighted by Gasteiger charge is -2.59. The number of hydrogen-bond donors (Lipinski definition) is 4. The molecule has 4 bridgehead atoms. The molecule has 10 heteroatoms. The summed E-state index contributed by atoms with van der Waals surface area (Å²) in [7, 11) is -3.43. The van der Waals surface area contributed by atoms with Gasteiger partial charge >= 0.3 is 0 Å². The van der Waals surface area contributed by atoms with Crippen molar-refractivity contribution in [3.63, 3.8) is 0 Å². The normalized spacial score (nSPS) is 36.7. The maximum absolute atomic E-state index is 13.7. The quantitative estimate of drug-likeness (QED) is 0.530. The van der Waals surface area contributed by atoms with Gasteiger partial charge in [0, 0.05) is 24.5 Å². The molecular weight excluding hydrogens is 435 g/mol. The van der Waals surface area contributed by atoms with Gasteiger partial charge in [-0.25, -0.2) is 4.39 Å². The number of halogens is 1. The van der Waals surface area contributed by atoms with E-state index in [-0.39, 0.29) is 36.2 Å². The molecule has 5 N–H and O–H groups in total. The smallest absolute Gasteiger partial charge is 0.236 e. The maximum Gasteiger partial charge on any atom is 0.236 e. The van der Waals surface area contributed by atoms with E-state index < -0.39 is 22.2 Å². The number of nitrogens with zero attached hydrogens (tertiary/aromatic N) is 2. The molecule has 0 radical (unpaired) electrons. The molecule has 1 saturated heterocycles. The lowest BCUT2D eigenvalue weighted by molar-refractivity contribution is -0.147.